The molecule has 0 spiro atoms. The molecule has 0 saturated heterocycles. The molecule has 1 aliphatic carbocycles. The summed E-state index contributed by atoms with van der Waals surface area (Å²) in [6.45, 7) is 0. The molecule has 0 saturated carbocycles. The smallest absolute Gasteiger partial charge is 0.235 e. The van der Waals surface area contributed by atoms with Gasteiger partial charge in [0.1, 0.15) is 11.5 Å². The van der Waals surface area contributed by atoms with Crippen molar-refractivity contribution in [2.45, 2.75) is 12.3 Å². The molecular formula is C44H28N4O. The number of benzene rings is 6. The van der Waals surface area contributed by atoms with Crippen LogP contribution in [0.1, 0.15) is 17.9 Å². The standard InChI is InChI=1S/C44H28N4O/c1-2-11-27(12-3-1)28-21-23-29(24-22-28)47-35-17-7-4-13-30(35)31-25-26-37-40(43(31)47)32-14-5-8-18-36(32)48(37)44-45-34-16-10-20-39-41(34)42(46-44)33-15-6-9-19-38(33)49-39/h1-21,23-26,28H,22H2. The van der Waals surface area contributed by atoms with E-state index >= 15 is 0 Å². The summed E-state index contributed by atoms with van der Waals surface area (Å²) in [5.41, 5.74) is 9.81. The van der Waals surface area contributed by atoms with E-state index in [9.17, 15) is 0 Å². The van der Waals surface area contributed by atoms with Crippen LogP contribution in [0.15, 0.2) is 152 Å². The molecule has 3 aromatic heterocycles. The van der Waals surface area contributed by atoms with Crippen LogP contribution in [0.5, 0.6) is 11.5 Å². The van der Waals surface area contributed by atoms with Gasteiger partial charge in [0.25, 0.3) is 0 Å². The molecule has 49 heavy (non-hydrogen) atoms. The molecule has 5 nitrogen and oxygen atoms in total. The van der Waals surface area contributed by atoms with Crippen LogP contribution in [0.3, 0.4) is 0 Å². The Morgan fingerprint density at radius 2 is 1.33 bits per heavy atom. The largest absolute Gasteiger partial charge is 0.456 e. The zero-order valence-corrected chi connectivity index (χ0v) is 26.4. The van der Waals surface area contributed by atoms with E-state index in [0.717, 1.165) is 51.1 Å². The zero-order chi connectivity index (χ0) is 32.1. The molecule has 0 amide bonds. The Labute approximate surface area is 281 Å². The Kier molecular flexibility index (Phi) is 5.44. The highest BCUT2D eigenvalue weighted by atomic mass is 16.5. The molecule has 6 aromatic carbocycles. The highest BCUT2D eigenvalue weighted by Crippen LogP contribution is 2.47. The molecule has 5 heteroatoms. The van der Waals surface area contributed by atoms with Crippen LogP contribution in [-0.4, -0.2) is 19.1 Å². The summed E-state index contributed by atoms with van der Waals surface area (Å²) in [7, 11) is 0. The number of hydrogen-bond donors (Lipinski definition) is 0. The lowest BCUT2D eigenvalue weighted by molar-refractivity contribution is 0.486. The van der Waals surface area contributed by atoms with Crippen LogP contribution in [-0.2, 0) is 0 Å². The monoisotopic (exact) mass is 628 g/mol. The highest BCUT2D eigenvalue weighted by molar-refractivity contribution is 6.26. The maximum Gasteiger partial charge on any atom is 0.235 e. The Bertz CT molecular complexity index is 2890. The van der Waals surface area contributed by atoms with Crippen LogP contribution >= 0.6 is 0 Å². The van der Waals surface area contributed by atoms with E-state index in [-0.39, 0.29) is 0 Å². The van der Waals surface area contributed by atoms with Gasteiger partial charge in [-0.3, -0.25) is 4.57 Å². The van der Waals surface area contributed by atoms with Gasteiger partial charge in [-0.2, -0.15) is 0 Å². The molecule has 0 N–H and O–H groups in total. The topological polar surface area (TPSA) is 44.9 Å². The fourth-order valence-electron chi connectivity index (χ4n) is 8.10. The number of fused-ring (bicyclic) bond motifs is 9. The Morgan fingerprint density at radius 3 is 2.18 bits per heavy atom. The first kappa shape index (κ1) is 26.6. The lowest BCUT2D eigenvalue weighted by atomic mass is 9.92. The zero-order valence-electron chi connectivity index (χ0n) is 26.4. The maximum atomic E-state index is 6.30. The lowest BCUT2D eigenvalue weighted by Gasteiger charge is -2.21. The van der Waals surface area contributed by atoms with Crippen molar-refractivity contribution in [1.82, 2.24) is 19.1 Å². The normalized spacial score (nSPS) is 15.3. The van der Waals surface area contributed by atoms with E-state index in [2.05, 4.69) is 130 Å². The van der Waals surface area contributed by atoms with Crippen molar-refractivity contribution in [3.8, 4) is 28.7 Å². The van der Waals surface area contributed by atoms with Gasteiger partial charge in [0.2, 0.25) is 5.95 Å². The minimum Gasteiger partial charge on any atom is -0.456 e. The van der Waals surface area contributed by atoms with Crippen molar-refractivity contribution in [1.29, 1.82) is 0 Å². The van der Waals surface area contributed by atoms with E-state index < -0.39 is 0 Å². The Hall–Kier alpha value is -6.46. The van der Waals surface area contributed by atoms with E-state index in [4.69, 9.17) is 14.7 Å². The van der Waals surface area contributed by atoms with Gasteiger partial charge in [-0.05, 0) is 60.5 Å². The van der Waals surface area contributed by atoms with Crippen molar-refractivity contribution >= 4 is 60.2 Å². The minimum atomic E-state index is 0.363. The number of allylic oxidation sites excluding steroid dienone is 4. The molecule has 0 fully saturated rings. The average molecular weight is 629 g/mol. The van der Waals surface area contributed by atoms with Crippen LogP contribution in [0.25, 0.3) is 77.4 Å². The number of rotatable bonds is 3. The van der Waals surface area contributed by atoms with Crippen molar-refractivity contribution < 1.29 is 4.74 Å². The number of para-hydroxylation sites is 3. The van der Waals surface area contributed by atoms with Crippen molar-refractivity contribution in [2.24, 2.45) is 0 Å². The molecule has 11 rings (SSSR count). The van der Waals surface area contributed by atoms with Crippen molar-refractivity contribution in [3.05, 3.63) is 157 Å². The molecule has 1 atom stereocenters. The predicted molar refractivity (Wildman–Crippen MR) is 200 cm³/mol. The summed E-state index contributed by atoms with van der Waals surface area (Å²) >= 11 is 0. The SMILES string of the molecule is C1=CC(c2ccccc2)CC=C1n1c2ccccc2c2ccc3c(c4ccccc4n3-c3nc4c5c(cccc5n3)Oc3ccccc3-4)c21. The Balaban J connectivity index is 1.21. The van der Waals surface area contributed by atoms with E-state index in [1.165, 1.54) is 43.8 Å². The number of hydrogen-bond acceptors (Lipinski definition) is 3. The first-order chi connectivity index (χ1) is 24.3. The summed E-state index contributed by atoms with van der Waals surface area (Å²) in [5, 5.41) is 5.78. The second kappa shape index (κ2) is 10.0. The molecule has 4 heterocycles. The van der Waals surface area contributed by atoms with Crippen LogP contribution in [0.4, 0.5) is 0 Å². The summed E-state index contributed by atoms with van der Waals surface area (Å²) < 4.78 is 11.0. The fraction of sp³-hybridized carbons (Fsp3) is 0.0455. The average Bonchev–Trinajstić information content (AvgIpc) is 3.68. The molecule has 230 valence electrons. The first-order valence-electron chi connectivity index (χ1n) is 16.8. The van der Waals surface area contributed by atoms with Crippen LogP contribution in [0.2, 0.25) is 0 Å². The van der Waals surface area contributed by atoms with Crippen LogP contribution in [0, 0.1) is 0 Å². The second-order valence-corrected chi connectivity index (χ2v) is 12.9. The lowest BCUT2D eigenvalue weighted by Crippen LogP contribution is -2.06. The maximum absolute atomic E-state index is 6.30. The minimum absolute atomic E-state index is 0.363. The highest BCUT2D eigenvalue weighted by Gasteiger charge is 2.26. The summed E-state index contributed by atoms with van der Waals surface area (Å²) in [4.78, 5) is 10.5. The van der Waals surface area contributed by atoms with E-state index in [0.29, 0.717) is 11.9 Å². The molecular weight excluding hydrogens is 601 g/mol. The van der Waals surface area contributed by atoms with Gasteiger partial charge in [-0.1, -0.05) is 103 Å². The molecule has 0 bridgehead atoms. The quantitative estimate of drug-likeness (QED) is 0.196. The summed E-state index contributed by atoms with van der Waals surface area (Å²) in [6, 6.07) is 46.9. The van der Waals surface area contributed by atoms with Gasteiger partial charge in [-0.15, -0.1) is 0 Å². The number of nitrogens with zero attached hydrogens (tertiary/aromatic N) is 4. The van der Waals surface area contributed by atoms with Gasteiger partial charge < -0.3 is 9.30 Å². The molecule has 0 radical (unpaired) electrons. The van der Waals surface area contributed by atoms with Gasteiger partial charge in [0.05, 0.1) is 38.7 Å². The Morgan fingerprint density at radius 1 is 0.571 bits per heavy atom. The second-order valence-electron chi connectivity index (χ2n) is 12.9. The van der Waals surface area contributed by atoms with Crippen LogP contribution < -0.4 is 4.74 Å². The molecule has 9 aromatic rings. The molecule has 2 aliphatic rings. The third-order valence-corrected chi connectivity index (χ3v) is 10.3. The molecule has 1 unspecified atom stereocenters. The number of ether oxygens (including phenoxy) is 1. The first-order valence-corrected chi connectivity index (χ1v) is 16.8. The van der Waals surface area contributed by atoms with Gasteiger partial charge in [0.15, 0.2) is 0 Å². The summed E-state index contributed by atoms with van der Waals surface area (Å²) in [6.07, 6.45) is 8.01. The third-order valence-electron chi connectivity index (χ3n) is 10.3. The van der Waals surface area contributed by atoms with Gasteiger partial charge in [-0.25, -0.2) is 9.97 Å². The summed E-state index contributed by atoms with van der Waals surface area (Å²) in [5.74, 6) is 2.60. The fourth-order valence-corrected chi connectivity index (χ4v) is 8.10. The van der Waals surface area contributed by atoms with Gasteiger partial charge >= 0.3 is 0 Å². The predicted octanol–water partition coefficient (Wildman–Crippen LogP) is 11.2. The molecule has 1 aliphatic heterocycles. The van der Waals surface area contributed by atoms with Gasteiger partial charge in [0, 0.05) is 38.7 Å². The van der Waals surface area contributed by atoms with E-state index in [1.54, 1.807) is 0 Å². The van der Waals surface area contributed by atoms with Crippen molar-refractivity contribution in [3.63, 3.8) is 0 Å². The van der Waals surface area contributed by atoms with E-state index in [1.807, 2.05) is 30.3 Å². The third kappa shape index (κ3) is 3.75. The number of aromatic nitrogens is 4. The van der Waals surface area contributed by atoms with Crippen molar-refractivity contribution in [2.75, 3.05) is 0 Å².